The Hall–Kier alpha value is -2.90. The fraction of sp³-hybridized carbons (Fsp3) is 0.583. The summed E-state index contributed by atoms with van der Waals surface area (Å²) >= 11 is 0. The Morgan fingerprint density at radius 1 is 1.06 bits per heavy atom. The van der Waals surface area contributed by atoms with Crippen molar-refractivity contribution < 1.29 is 14.1 Å². The molecule has 2 saturated heterocycles. The maximum atomic E-state index is 12.8. The molecule has 8 nitrogen and oxygen atoms in total. The van der Waals surface area contributed by atoms with Gasteiger partial charge in [-0.25, -0.2) is 4.98 Å². The zero-order valence-electron chi connectivity index (χ0n) is 19.1. The largest absolute Gasteiger partial charge is 0.361 e. The van der Waals surface area contributed by atoms with Crippen molar-refractivity contribution in [1.29, 1.82) is 0 Å². The van der Waals surface area contributed by atoms with E-state index in [9.17, 15) is 9.59 Å². The zero-order chi connectivity index (χ0) is 22.5. The molecule has 4 heterocycles. The predicted octanol–water partition coefficient (Wildman–Crippen LogP) is 2.60. The second kappa shape index (κ2) is 10.1. The summed E-state index contributed by atoms with van der Waals surface area (Å²) in [5.41, 5.74) is 1.69. The normalized spacial score (nSPS) is 19.3. The lowest BCUT2D eigenvalue weighted by molar-refractivity contribution is -0.132. The third-order valence-corrected chi connectivity index (χ3v) is 6.75. The monoisotopic (exact) mass is 439 g/mol. The van der Waals surface area contributed by atoms with Gasteiger partial charge in [0.1, 0.15) is 11.6 Å². The molecule has 2 amide bonds. The van der Waals surface area contributed by atoms with Crippen LogP contribution >= 0.6 is 0 Å². The highest BCUT2D eigenvalue weighted by Gasteiger charge is 2.27. The van der Waals surface area contributed by atoms with Gasteiger partial charge in [0, 0.05) is 57.4 Å². The highest BCUT2D eigenvalue weighted by Crippen LogP contribution is 2.23. The summed E-state index contributed by atoms with van der Waals surface area (Å²) in [6.07, 6.45) is 5.62. The quantitative estimate of drug-likeness (QED) is 0.688. The van der Waals surface area contributed by atoms with E-state index in [0.717, 1.165) is 81.4 Å². The van der Waals surface area contributed by atoms with Crippen LogP contribution in [0.1, 0.15) is 42.7 Å². The molecule has 0 unspecified atom stereocenters. The smallest absolute Gasteiger partial charge is 0.227 e. The summed E-state index contributed by atoms with van der Waals surface area (Å²) in [4.78, 5) is 36.2. The van der Waals surface area contributed by atoms with Gasteiger partial charge >= 0.3 is 0 Å². The maximum absolute atomic E-state index is 12.8. The Morgan fingerprint density at radius 3 is 2.56 bits per heavy atom. The van der Waals surface area contributed by atoms with E-state index in [0.29, 0.717) is 18.8 Å². The summed E-state index contributed by atoms with van der Waals surface area (Å²) < 4.78 is 5.19. The Bertz CT molecular complexity index is 901. The Morgan fingerprint density at radius 2 is 1.88 bits per heavy atom. The first kappa shape index (κ1) is 22.3. The second-order valence-corrected chi connectivity index (χ2v) is 8.92. The lowest BCUT2D eigenvalue weighted by atomic mass is 9.92. The van der Waals surface area contributed by atoms with Crippen molar-refractivity contribution in [3.63, 3.8) is 0 Å². The Balaban J connectivity index is 1.22. The first-order valence-electron chi connectivity index (χ1n) is 11.6. The van der Waals surface area contributed by atoms with Crippen molar-refractivity contribution >= 4 is 17.6 Å². The number of carbonyl (C=O) groups excluding carboxylic acids is 2. The van der Waals surface area contributed by atoms with Gasteiger partial charge in [-0.1, -0.05) is 11.2 Å². The summed E-state index contributed by atoms with van der Waals surface area (Å²) in [6, 6.07) is 5.92. The van der Waals surface area contributed by atoms with Crippen LogP contribution < -0.4 is 4.90 Å². The standard InChI is InChI=1S/C24H33N5O3/c1-18-21(19(2)32-26-18)16-24(31)29-11-5-6-20(17-29)8-9-23(30)28-14-12-27(13-15-28)22-7-3-4-10-25-22/h3-4,7,10,20H,5-6,8-9,11-17H2,1-2H3/t20-/m1/s1. The van der Waals surface area contributed by atoms with Crippen LogP contribution in [0.25, 0.3) is 0 Å². The number of anilines is 1. The molecule has 1 atom stereocenters. The molecular weight excluding hydrogens is 406 g/mol. The van der Waals surface area contributed by atoms with Gasteiger partial charge in [0.25, 0.3) is 0 Å². The van der Waals surface area contributed by atoms with Crippen LogP contribution in [0.2, 0.25) is 0 Å². The number of nitrogens with zero attached hydrogens (tertiary/aromatic N) is 5. The molecule has 0 saturated carbocycles. The first-order valence-corrected chi connectivity index (χ1v) is 11.6. The minimum Gasteiger partial charge on any atom is -0.361 e. The number of hydrogen-bond acceptors (Lipinski definition) is 6. The van der Waals surface area contributed by atoms with Crippen molar-refractivity contribution in [1.82, 2.24) is 19.9 Å². The molecular formula is C24H33N5O3. The number of rotatable bonds is 6. The molecule has 4 rings (SSSR count). The van der Waals surface area contributed by atoms with E-state index in [4.69, 9.17) is 4.52 Å². The van der Waals surface area contributed by atoms with Gasteiger partial charge in [0.2, 0.25) is 11.8 Å². The molecule has 2 fully saturated rings. The van der Waals surface area contributed by atoms with Crippen molar-refractivity contribution in [3.05, 3.63) is 41.4 Å². The van der Waals surface area contributed by atoms with Gasteiger partial charge in [-0.15, -0.1) is 0 Å². The Labute approximate surface area is 189 Å². The fourth-order valence-electron chi connectivity index (χ4n) is 4.76. The molecule has 2 aliphatic rings. The lowest BCUT2D eigenvalue weighted by Gasteiger charge is -2.36. The average Bonchev–Trinajstić information content (AvgIpc) is 3.15. The molecule has 0 spiro atoms. The van der Waals surface area contributed by atoms with Crippen LogP contribution in [-0.2, 0) is 16.0 Å². The number of amides is 2. The number of hydrogen-bond donors (Lipinski definition) is 0. The third kappa shape index (κ3) is 5.29. The summed E-state index contributed by atoms with van der Waals surface area (Å²) in [5.74, 6) is 2.43. The molecule has 2 aromatic rings. The number of aryl methyl sites for hydroxylation is 2. The van der Waals surface area contributed by atoms with E-state index in [1.807, 2.05) is 41.8 Å². The molecule has 0 radical (unpaired) electrons. The molecule has 0 aromatic carbocycles. The molecule has 32 heavy (non-hydrogen) atoms. The maximum Gasteiger partial charge on any atom is 0.227 e. The van der Waals surface area contributed by atoms with E-state index in [1.54, 1.807) is 6.20 Å². The fourth-order valence-corrected chi connectivity index (χ4v) is 4.76. The van der Waals surface area contributed by atoms with Gasteiger partial charge in [0.15, 0.2) is 0 Å². The molecule has 172 valence electrons. The van der Waals surface area contributed by atoms with Crippen LogP contribution in [0.15, 0.2) is 28.9 Å². The van der Waals surface area contributed by atoms with E-state index < -0.39 is 0 Å². The highest BCUT2D eigenvalue weighted by molar-refractivity contribution is 5.79. The van der Waals surface area contributed by atoms with E-state index in [2.05, 4.69) is 15.0 Å². The molecule has 8 heteroatoms. The van der Waals surface area contributed by atoms with E-state index >= 15 is 0 Å². The van der Waals surface area contributed by atoms with Gasteiger partial charge in [0.05, 0.1) is 12.1 Å². The van der Waals surface area contributed by atoms with Gasteiger partial charge in [-0.2, -0.15) is 0 Å². The van der Waals surface area contributed by atoms with Gasteiger partial charge in [-0.3, -0.25) is 9.59 Å². The van der Waals surface area contributed by atoms with Crippen molar-refractivity contribution in [2.75, 3.05) is 44.2 Å². The minimum absolute atomic E-state index is 0.126. The van der Waals surface area contributed by atoms with Crippen molar-refractivity contribution in [2.45, 2.75) is 46.0 Å². The van der Waals surface area contributed by atoms with Crippen LogP contribution in [-0.4, -0.2) is 71.0 Å². The molecule has 2 aromatic heterocycles. The van der Waals surface area contributed by atoms with Crippen LogP contribution in [0.3, 0.4) is 0 Å². The summed E-state index contributed by atoms with van der Waals surface area (Å²) in [6.45, 7) is 8.37. The molecule has 2 aliphatic heterocycles. The van der Waals surface area contributed by atoms with Gasteiger partial charge < -0.3 is 19.2 Å². The van der Waals surface area contributed by atoms with E-state index in [1.165, 1.54) is 0 Å². The molecule has 0 bridgehead atoms. The zero-order valence-corrected chi connectivity index (χ0v) is 19.1. The lowest BCUT2D eigenvalue weighted by Crippen LogP contribution is -2.49. The topological polar surface area (TPSA) is 82.8 Å². The number of piperidine rings is 1. The van der Waals surface area contributed by atoms with Crippen LogP contribution in [0.4, 0.5) is 5.82 Å². The SMILES string of the molecule is Cc1noc(C)c1CC(=O)N1CCC[C@H](CCC(=O)N2CCN(c3ccccn3)CC2)C1. The number of aromatic nitrogens is 2. The van der Waals surface area contributed by atoms with Crippen LogP contribution in [0, 0.1) is 19.8 Å². The number of piperazine rings is 1. The number of pyridine rings is 1. The summed E-state index contributed by atoms with van der Waals surface area (Å²) in [5, 5.41) is 3.95. The number of carbonyl (C=O) groups is 2. The van der Waals surface area contributed by atoms with Crippen molar-refractivity contribution in [3.8, 4) is 0 Å². The van der Waals surface area contributed by atoms with Gasteiger partial charge in [-0.05, 0) is 51.2 Å². The molecule has 0 aliphatic carbocycles. The Kier molecular flexibility index (Phi) is 7.07. The predicted molar refractivity (Wildman–Crippen MR) is 121 cm³/mol. The first-order chi connectivity index (χ1) is 15.5. The van der Waals surface area contributed by atoms with E-state index in [-0.39, 0.29) is 11.8 Å². The average molecular weight is 440 g/mol. The summed E-state index contributed by atoms with van der Waals surface area (Å²) in [7, 11) is 0. The number of likely N-dealkylation sites (tertiary alicyclic amines) is 1. The minimum atomic E-state index is 0.126. The molecule has 0 N–H and O–H groups in total. The van der Waals surface area contributed by atoms with Crippen molar-refractivity contribution in [2.24, 2.45) is 5.92 Å². The third-order valence-electron chi connectivity index (χ3n) is 6.75. The van der Waals surface area contributed by atoms with Crippen LogP contribution in [0.5, 0.6) is 0 Å². The second-order valence-electron chi connectivity index (χ2n) is 8.92. The highest BCUT2D eigenvalue weighted by atomic mass is 16.5.